The molecule has 1 saturated heterocycles. The van der Waals surface area contributed by atoms with Gasteiger partial charge in [-0.15, -0.1) is 0 Å². The third kappa shape index (κ3) is 5.76. The Kier molecular flexibility index (Phi) is 7.39. The molecule has 1 aromatic rings. The van der Waals surface area contributed by atoms with E-state index in [-0.39, 0.29) is 18.1 Å². The van der Waals surface area contributed by atoms with Gasteiger partial charge in [-0.25, -0.2) is 0 Å². The van der Waals surface area contributed by atoms with E-state index in [1.807, 2.05) is 24.3 Å². The summed E-state index contributed by atoms with van der Waals surface area (Å²) in [5.74, 6) is 0.622. The lowest BCUT2D eigenvalue weighted by molar-refractivity contribution is -0.142. The van der Waals surface area contributed by atoms with Crippen LogP contribution in [0.25, 0.3) is 10.4 Å². The summed E-state index contributed by atoms with van der Waals surface area (Å²) in [7, 11) is 1.64. The van der Waals surface area contributed by atoms with Crippen LogP contribution in [0.2, 0.25) is 0 Å². The van der Waals surface area contributed by atoms with Gasteiger partial charge in [0.15, 0.2) is 0 Å². The fraction of sp³-hybridized carbons (Fsp3) is 0.588. The van der Waals surface area contributed by atoms with Crippen molar-refractivity contribution in [1.29, 1.82) is 0 Å². The highest BCUT2D eigenvalue weighted by Gasteiger charge is 2.30. The Morgan fingerprint density at radius 3 is 2.79 bits per heavy atom. The van der Waals surface area contributed by atoms with E-state index in [1.54, 1.807) is 7.11 Å². The molecule has 0 saturated carbocycles. The monoisotopic (exact) mass is 333 g/mol. The first-order valence-electron chi connectivity index (χ1n) is 8.17. The number of methoxy groups -OCH3 is 1. The number of ether oxygens (including phenoxy) is 3. The maximum absolute atomic E-state index is 11.2. The number of carbonyl (C=O) groups excluding carboxylic acids is 1. The molecule has 0 radical (unpaired) electrons. The lowest BCUT2D eigenvalue weighted by Crippen LogP contribution is -2.23. The summed E-state index contributed by atoms with van der Waals surface area (Å²) in [5.41, 5.74) is 9.75. The molecular formula is C17H23N3O4. The summed E-state index contributed by atoms with van der Waals surface area (Å²) < 4.78 is 15.9. The van der Waals surface area contributed by atoms with E-state index in [9.17, 15) is 4.79 Å². The summed E-state index contributed by atoms with van der Waals surface area (Å²) in [6.45, 7) is 1.20. The molecule has 7 heteroatoms. The van der Waals surface area contributed by atoms with E-state index in [0.29, 0.717) is 32.5 Å². The van der Waals surface area contributed by atoms with Crippen LogP contribution in [-0.2, 0) is 20.9 Å². The summed E-state index contributed by atoms with van der Waals surface area (Å²) in [5, 5.41) is 3.77. The average molecular weight is 333 g/mol. The van der Waals surface area contributed by atoms with Gasteiger partial charge in [-0.05, 0) is 42.5 Å². The lowest BCUT2D eigenvalue weighted by atomic mass is 10.0. The van der Waals surface area contributed by atoms with Crippen LogP contribution in [0.4, 0.5) is 0 Å². The summed E-state index contributed by atoms with van der Waals surface area (Å²) >= 11 is 0. The van der Waals surface area contributed by atoms with Gasteiger partial charge in [0.05, 0.1) is 19.8 Å². The first-order valence-corrected chi connectivity index (χ1v) is 8.17. The zero-order chi connectivity index (χ0) is 17.2. The molecular weight excluding hydrogens is 310 g/mol. The van der Waals surface area contributed by atoms with Gasteiger partial charge in [-0.3, -0.25) is 4.79 Å². The second kappa shape index (κ2) is 9.80. The molecule has 1 aliphatic rings. The number of esters is 1. The van der Waals surface area contributed by atoms with E-state index in [2.05, 4.69) is 10.0 Å². The van der Waals surface area contributed by atoms with E-state index >= 15 is 0 Å². The van der Waals surface area contributed by atoms with E-state index in [0.717, 1.165) is 24.2 Å². The van der Waals surface area contributed by atoms with Crippen molar-refractivity contribution in [3.63, 3.8) is 0 Å². The minimum atomic E-state index is -0.275. The predicted octanol–water partition coefficient (Wildman–Crippen LogP) is 3.77. The molecule has 0 N–H and O–H groups in total. The van der Waals surface area contributed by atoms with Crippen LogP contribution in [0.1, 0.15) is 37.7 Å². The summed E-state index contributed by atoms with van der Waals surface area (Å²) in [4.78, 5) is 14.0. The molecule has 130 valence electrons. The Morgan fingerprint density at radius 1 is 1.38 bits per heavy atom. The number of carbonyl (C=O) groups is 1. The Hall–Kier alpha value is -2.24. The minimum Gasteiger partial charge on any atom is -0.497 e. The zero-order valence-corrected chi connectivity index (χ0v) is 13.9. The highest BCUT2D eigenvalue weighted by Crippen LogP contribution is 2.23. The molecule has 2 rings (SSSR count). The van der Waals surface area contributed by atoms with Crippen LogP contribution in [0.15, 0.2) is 29.4 Å². The highest BCUT2D eigenvalue weighted by molar-refractivity contribution is 5.71. The maximum Gasteiger partial charge on any atom is 0.306 e. The number of nitrogens with zero attached hydrogens (tertiary/aromatic N) is 3. The fourth-order valence-corrected chi connectivity index (χ4v) is 2.67. The minimum absolute atomic E-state index is 0.207. The van der Waals surface area contributed by atoms with Crippen LogP contribution in [0, 0.1) is 0 Å². The Bertz CT molecular complexity index is 570. The van der Waals surface area contributed by atoms with Gasteiger partial charge < -0.3 is 14.2 Å². The standard InChI is InChI=1S/C17H23N3O4/c1-22-14-7-5-13(6-8-14)12-23-11-3-2-4-15(19-20-18)16-9-10-17(21)24-16/h5-8,15-16H,2-4,9-12H2,1H3/t15-,16+/m1/s1. The second-order valence-corrected chi connectivity index (χ2v) is 5.74. The summed E-state index contributed by atoms with van der Waals surface area (Å²) in [6.07, 6.45) is 3.21. The van der Waals surface area contributed by atoms with E-state index < -0.39 is 0 Å². The topological polar surface area (TPSA) is 93.5 Å². The van der Waals surface area contributed by atoms with Crippen molar-refractivity contribution in [3.8, 4) is 5.75 Å². The number of hydrogen-bond donors (Lipinski definition) is 0. The third-order valence-electron chi connectivity index (χ3n) is 4.01. The smallest absolute Gasteiger partial charge is 0.306 e. The molecule has 24 heavy (non-hydrogen) atoms. The van der Waals surface area contributed by atoms with Crippen molar-refractivity contribution in [2.45, 2.75) is 50.9 Å². The van der Waals surface area contributed by atoms with Crippen molar-refractivity contribution in [2.75, 3.05) is 13.7 Å². The van der Waals surface area contributed by atoms with Crippen molar-refractivity contribution in [1.82, 2.24) is 0 Å². The van der Waals surface area contributed by atoms with Crippen LogP contribution < -0.4 is 4.74 Å². The number of azide groups is 1. The molecule has 0 spiro atoms. The number of hydrogen-bond acceptors (Lipinski definition) is 5. The Morgan fingerprint density at radius 2 is 2.17 bits per heavy atom. The lowest BCUT2D eigenvalue weighted by Gasteiger charge is -2.17. The first kappa shape index (κ1) is 18.1. The normalized spacial score (nSPS) is 17.9. The van der Waals surface area contributed by atoms with Gasteiger partial charge in [-0.1, -0.05) is 23.7 Å². The zero-order valence-electron chi connectivity index (χ0n) is 13.9. The van der Waals surface area contributed by atoms with Gasteiger partial charge in [0, 0.05) is 17.9 Å². The molecule has 1 aromatic carbocycles. The first-order chi connectivity index (χ1) is 11.7. The molecule has 0 amide bonds. The van der Waals surface area contributed by atoms with Crippen molar-refractivity contribution in [2.24, 2.45) is 5.11 Å². The molecule has 1 aliphatic heterocycles. The summed E-state index contributed by atoms with van der Waals surface area (Å²) in [6, 6.07) is 7.50. The van der Waals surface area contributed by atoms with Crippen LogP contribution in [0.5, 0.6) is 5.75 Å². The maximum atomic E-state index is 11.2. The van der Waals surface area contributed by atoms with Crippen molar-refractivity contribution < 1.29 is 19.0 Å². The molecule has 1 fully saturated rings. The Balaban J connectivity index is 1.62. The van der Waals surface area contributed by atoms with Crippen LogP contribution in [-0.4, -0.2) is 31.8 Å². The second-order valence-electron chi connectivity index (χ2n) is 5.74. The van der Waals surface area contributed by atoms with E-state index in [1.165, 1.54) is 0 Å². The molecule has 7 nitrogen and oxygen atoms in total. The van der Waals surface area contributed by atoms with E-state index in [4.69, 9.17) is 19.7 Å². The third-order valence-corrected chi connectivity index (χ3v) is 4.01. The number of rotatable bonds is 10. The molecule has 2 atom stereocenters. The van der Waals surface area contributed by atoms with Gasteiger partial charge in [0.25, 0.3) is 0 Å². The number of benzene rings is 1. The molecule has 1 heterocycles. The molecule has 0 unspecified atom stereocenters. The van der Waals surface area contributed by atoms with Gasteiger partial charge in [0.1, 0.15) is 11.9 Å². The Labute approximate surface area is 141 Å². The predicted molar refractivity (Wildman–Crippen MR) is 88.5 cm³/mol. The largest absolute Gasteiger partial charge is 0.497 e. The van der Waals surface area contributed by atoms with Gasteiger partial charge in [0.2, 0.25) is 0 Å². The van der Waals surface area contributed by atoms with Crippen LogP contribution >= 0.6 is 0 Å². The highest BCUT2D eigenvalue weighted by atomic mass is 16.6. The van der Waals surface area contributed by atoms with Crippen molar-refractivity contribution in [3.05, 3.63) is 40.3 Å². The fourth-order valence-electron chi connectivity index (χ4n) is 2.67. The molecule has 0 bridgehead atoms. The average Bonchev–Trinajstić information content (AvgIpc) is 3.03. The van der Waals surface area contributed by atoms with Gasteiger partial charge in [-0.2, -0.15) is 0 Å². The number of cyclic esters (lactones) is 1. The van der Waals surface area contributed by atoms with Crippen molar-refractivity contribution >= 4 is 5.97 Å². The van der Waals surface area contributed by atoms with Crippen LogP contribution in [0.3, 0.4) is 0 Å². The number of unbranched alkanes of at least 4 members (excludes halogenated alkanes) is 1. The SMILES string of the molecule is COc1ccc(COCCCC[C@@H](N=[N+]=[N-])[C@@H]2CCC(=O)O2)cc1. The van der Waals surface area contributed by atoms with Gasteiger partial charge >= 0.3 is 5.97 Å². The molecule has 0 aromatic heterocycles. The molecule has 0 aliphatic carbocycles. The quantitative estimate of drug-likeness (QED) is 0.214.